The van der Waals surface area contributed by atoms with Gasteiger partial charge in [-0.2, -0.15) is 0 Å². The van der Waals surface area contributed by atoms with Crippen molar-refractivity contribution in [2.45, 2.75) is 32.6 Å². The van der Waals surface area contributed by atoms with Gasteiger partial charge in [-0.1, -0.05) is 26.8 Å². The van der Waals surface area contributed by atoms with Crippen molar-refractivity contribution in [1.29, 1.82) is 0 Å². The zero-order valence-corrected chi connectivity index (χ0v) is 10.8. The lowest BCUT2D eigenvalue weighted by Crippen LogP contribution is -2.20. The maximum Gasteiger partial charge on any atom is 0.166 e. The molecule has 88 valence electrons. The first-order valence-corrected chi connectivity index (χ1v) is 5.40. The van der Waals surface area contributed by atoms with E-state index in [9.17, 15) is 4.79 Å². The number of ketones is 1. The van der Waals surface area contributed by atoms with Gasteiger partial charge in [0, 0.05) is 24.2 Å². The van der Waals surface area contributed by atoms with E-state index >= 15 is 0 Å². The van der Waals surface area contributed by atoms with Gasteiger partial charge in [0.05, 0.1) is 0 Å². The molecular formula is C13H18ClNO. The van der Waals surface area contributed by atoms with E-state index in [2.05, 4.69) is 32.2 Å². The first kappa shape index (κ1) is 13.0. The Labute approximate surface area is 103 Å². The summed E-state index contributed by atoms with van der Waals surface area (Å²) in [6.45, 7) is 7.25. The van der Waals surface area contributed by atoms with Crippen molar-refractivity contribution in [2.75, 3.05) is 11.9 Å². The highest BCUT2D eigenvalue weighted by Crippen LogP contribution is 2.29. The number of carbonyl (C=O) groups excluding carboxylic acids is 1. The average Bonchev–Trinajstić information content (AvgIpc) is 2.16. The molecule has 1 N–H and O–H groups in total. The monoisotopic (exact) mass is 239 g/mol. The average molecular weight is 240 g/mol. The van der Waals surface area contributed by atoms with Crippen LogP contribution in [0, 0.1) is 0 Å². The minimum atomic E-state index is 0. The predicted molar refractivity (Wildman–Crippen MR) is 69.8 cm³/mol. The summed E-state index contributed by atoms with van der Waals surface area (Å²) in [5, 5.41) is 3.25. The number of hydrogen-bond acceptors (Lipinski definition) is 2. The highest BCUT2D eigenvalue weighted by Gasteiger charge is 2.20. The third-order valence-electron chi connectivity index (χ3n) is 2.85. The van der Waals surface area contributed by atoms with Gasteiger partial charge in [0.25, 0.3) is 0 Å². The Kier molecular flexibility index (Phi) is 3.64. The molecule has 1 aliphatic rings. The molecular weight excluding hydrogens is 222 g/mol. The van der Waals surface area contributed by atoms with Crippen LogP contribution in [0.4, 0.5) is 5.69 Å². The highest BCUT2D eigenvalue weighted by atomic mass is 35.5. The summed E-state index contributed by atoms with van der Waals surface area (Å²) in [6.07, 6.45) is 0.612. The van der Waals surface area contributed by atoms with Crippen LogP contribution in [0.15, 0.2) is 18.2 Å². The van der Waals surface area contributed by atoms with Crippen LogP contribution in [-0.2, 0) is 5.41 Å². The Balaban J connectivity index is 0.00000128. The summed E-state index contributed by atoms with van der Waals surface area (Å²) in [6, 6.07) is 6.15. The van der Waals surface area contributed by atoms with Crippen LogP contribution >= 0.6 is 12.4 Å². The Morgan fingerprint density at radius 1 is 1.25 bits per heavy atom. The van der Waals surface area contributed by atoms with E-state index in [4.69, 9.17) is 0 Å². The highest BCUT2D eigenvalue weighted by molar-refractivity contribution is 6.03. The van der Waals surface area contributed by atoms with Crippen molar-refractivity contribution in [1.82, 2.24) is 0 Å². The Hall–Kier alpha value is -1.02. The van der Waals surface area contributed by atoms with E-state index in [1.54, 1.807) is 0 Å². The zero-order valence-electron chi connectivity index (χ0n) is 9.96. The third-order valence-corrected chi connectivity index (χ3v) is 2.85. The quantitative estimate of drug-likeness (QED) is 0.752. The molecule has 1 aliphatic heterocycles. The van der Waals surface area contributed by atoms with E-state index in [0.717, 1.165) is 17.8 Å². The number of fused-ring (bicyclic) bond motifs is 1. The molecule has 1 heterocycles. The summed E-state index contributed by atoms with van der Waals surface area (Å²) in [4.78, 5) is 11.7. The normalized spacial score (nSPS) is 14.8. The first-order chi connectivity index (χ1) is 6.98. The van der Waals surface area contributed by atoms with Crippen molar-refractivity contribution in [2.24, 2.45) is 0 Å². The SMILES string of the molecule is CC(C)(C)c1ccc2c(c1)C(=O)CCN2.Cl. The Morgan fingerprint density at radius 3 is 2.56 bits per heavy atom. The second-order valence-electron chi connectivity index (χ2n) is 5.11. The first-order valence-electron chi connectivity index (χ1n) is 5.40. The fraction of sp³-hybridized carbons (Fsp3) is 0.462. The summed E-state index contributed by atoms with van der Waals surface area (Å²) in [5.41, 5.74) is 3.17. The van der Waals surface area contributed by atoms with E-state index in [1.165, 1.54) is 5.56 Å². The van der Waals surface area contributed by atoms with Crippen LogP contribution in [0.25, 0.3) is 0 Å². The third kappa shape index (κ3) is 2.38. The molecule has 0 unspecified atom stereocenters. The van der Waals surface area contributed by atoms with Gasteiger partial charge in [-0.15, -0.1) is 12.4 Å². The molecule has 1 aromatic carbocycles. The molecule has 2 rings (SSSR count). The van der Waals surface area contributed by atoms with Gasteiger partial charge in [-0.3, -0.25) is 4.79 Å². The molecule has 0 fully saturated rings. The largest absolute Gasteiger partial charge is 0.384 e. The molecule has 1 aromatic rings. The van der Waals surface area contributed by atoms with E-state index < -0.39 is 0 Å². The maximum atomic E-state index is 11.7. The summed E-state index contributed by atoms with van der Waals surface area (Å²) < 4.78 is 0. The second kappa shape index (κ2) is 4.46. The molecule has 0 saturated carbocycles. The molecule has 0 amide bonds. The van der Waals surface area contributed by atoms with Gasteiger partial charge in [0.1, 0.15) is 0 Å². The standard InChI is InChI=1S/C13H17NO.ClH/c1-13(2,3)9-4-5-11-10(8-9)12(15)6-7-14-11;/h4-5,8,14H,6-7H2,1-3H3;1H. The second-order valence-corrected chi connectivity index (χ2v) is 5.11. The van der Waals surface area contributed by atoms with Gasteiger partial charge < -0.3 is 5.32 Å². The molecule has 0 aromatic heterocycles. The van der Waals surface area contributed by atoms with E-state index in [1.807, 2.05) is 12.1 Å². The maximum absolute atomic E-state index is 11.7. The van der Waals surface area contributed by atoms with Crippen molar-refractivity contribution in [3.8, 4) is 0 Å². The molecule has 0 radical (unpaired) electrons. The minimum absolute atomic E-state index is 0. The molecule has 0 bridgehead atoms. The summed E-state index contributed by atoms with van der Waals surface area (Å²) in [5.74, 6) is 0.259. The lowest BCUT2D eigenvalue weighted by atomic mass is 9.84. The summed E-state index contributed by atoms with van der Waals surface area (Å²) >= 11 is 0. The van der Waals surface area contributed by atoms with Gasteiger partial charge in [0.2, 0.25) is 0 Å². The Bertz CT molecular complexity index is 407. The number of hydrogen-bond donors (Lipinski definition) is 1. The number of anilines is 1. The topological polar surface area (TPSA) is 29.1 Å². The molecule has 0 atom stereocenters. The fourth-order valence-electron chi connectivity index (χ4n) is 1.84. The Morgan fingerprint density at radius 2 is 1.94 bits per heavy atom. The predicted octanol–water partition coefficient (Wildman–Crippen LogP) is 3.40. The summed E-state index contributed by atoms with van der Waals surface area (Å²) in [7, 11) is 0. The van der Waals surface area contributed by atoms with E-state index in [-0.39, 0.29) is 23.6 Å². The molecule has 0 saturated heterocycles. The van der Waals surface area contributed by atoms with Crippen molar-refractivity contribution < 1.29 is 4.79 Å². The lowest BCUT2D eigenvalue weighted by Gasteiger charge is -2.23. The van der Waals surface area contributed by atoms with Crippen LogP contribution in [0.3, 0.4) is 0 Å². The van der Waals surface area contributed by atoms with Crippen molar-refractivity contribution in [3.05, 3.63) is 29.3 Å². The number of rotatable bonds is 0. The van der Waals surface area contributed by atoms with Crippen LogP contribution < -0.4 is 5.32 Å². The van der Waals surface area contributed by atoms with Crippen LogP contribution in [0.2, 0.25) is 0 Å². The molecule has 3 heteroatoms. The van der Waals surface area contributed by atoms with Gasteiger partial charge in [-0.05, 0) is 23.1 Å². The van der Waals surface area contributed by atoms with Crippen LogP contribution in [-0.4, -0.2) is 12.3 Å². The number of carbonyl (C=O) groups is 1. The van der Waals surface area contributed by atoms with Gasteiger partial charge >= 0.3 is 0 Å². The smallest absolute Gasteiger partial charge is 0.166 e. The number of benzene rings is 1. The van der Waals surface area contributed by atoms with Crippen molar-refractivity contribution in [3.63, 3.8) is 0 Å². The number of halogens is 1. The van der Waals surface area contributed by atoms with Crippen LogP contribution in [0.5, 0.6) is 0 Å². The zero-order chi connectivity index (χ0) is 11.1. The van der Waals surface area contributed by atoms with Gasteiger partial charge in [0.15, 0.2) is 5.78 Å². The van der Waals surface area contributed by atoms with Crippen molar-refractivity contribution >= 4 is 23.9 Å². The fourth-order valence-corrected chi connectivity index (χ4v) is 1.84. The lowest BCUT2D eigenvalue weighted by molar-refractivity contribution is 0.0983. The van der Waals surface area contributed by atoms with E-state index in [0.29, 0.717) is 6.42 Å². The number of nitrogens with one attached hydrogen (secondary N) is 1. The molecule has 16 heavy (non-hydrogen) atoms. The molecule has 2 nitrogen and oxygen atoms in total. The van der Waals surface area contributed by atoms with Crippen LogP contribution in [0.1, 0.15) is 43.1 Å². The number of Topliss-reactive ketones (excluding diaryl/α,β-unsaturated/α-hetero) is 1. The minimum Gasteiger partial charge on any atom is -0.384 e. The van der Waals surface area contributed by atoms with Gasteiger partial charge in [-0.25, -0.2) is 0 Å². The molecule has 0 spiro atoms. The molecule has 0 aliphatic carbocycles.